The van der Waals surface area contributed by atoms with Crippen LogP contribution in [0, 0.1) is 11.3 Å². The molecule has 0 aliphatic carbocycles. The van der Waals surface area contributed by atoms with Gasteiger partial charge in [0.15, 0.2) is 0 Å². The van der Waals surface area contributed by atoms with Gasteiger partial charge in [0.1, 0.15) is 0 Å². The van der Waals surface area contributed by atoms with Gasteiger partial charge in [0, 0.05) is 12.6 Å². The predicted octanol–water partition coefficient (Wildman–Crippen LogP) is 3.06. The van der Waals surface area contributed by atoms with Crippen molar-refractivity contribution in [3.05, 3.63) is 0 Å². The first-order valence-electron chi connectivity index (χ1n) is 5.80. The zero-order valence-electron chi connectivity index (χ0n) is 10.1. The summed E-state index contributed by atoms with van der Waals surface area (Å²) in [5.41, 5.74) is 0.393. The Labute approximate surface area is 94.7 Å². The fourth-order valence-corrected chi connectivity index (χ4v) is 2.82. The molecule has 0 radical (unpaired) electrons. The van der Waals surface area contributed by atoms with E-state index in [9.17, 15) is 0 Å². The molecule has 1 saturated heterocycles. The van der Waals surface area contributed by atoms with Crippen molar-refractivity contribution in [1.82, 2.24) is 4.90 Å². The van der Waals surface area contributed by atoms with E-state index in [1.54, 1.807) is 0 Å². The second-order valence-electron chi connectivity index (χ2n) is 5.73. The summed E-state index contributed by atoms with van der Waals surface area (Å²) in [5.74, 6) is 1.72. The van der Waals surface area contributed by atoms with E-state index in [-0.39, 0.29) is 0 Å². The Morgan fingerprint density at radius 1 is 1.43 bits per heavy atom. The summed E-state index contributed by atoms with van der Waals surface area (Å²) in [6.07, 6.45) is 2.76. The monoisotopic (exact) mass is 215 g/mol. The van der Waals surface area contributed by atoms with Gasteiger partial charge in [-0.2, -0.15) is 12.6 Å². The number of likely N-dealkylation sites (tertiary alicyclic amines) is 1. The summed E-state index contributed by atoms with van der Waals surface area (Å²) in [5, 5.41) is 0. The summed E-state index contributed by atoms with van der Waals surface area (Å²) in [4.78, 5) is 2.63. The van der Waals surface area contributed by atoms with E-state index < -0.39 is 0 Å². The fraction of sp³-hybridized carbons (Fsp3) is 1.00. The first-order chi connectivity index (χ1) is 6.45. The SMILES string of the molecule is CC1CCCN1CC(CS)C(C)(C)C. The maximum atomic E-state index is 4.48. The molecule has 2 atom stereocenters. The van der Waals surface area contributed by atoms with Gasteiger partial charge < -0.3 is 4.90 Å². The van der Waals surface area contributed by atoms with Gasteiger partial charge in [-0.05, 0) is 43.4 Å². The van der Waals surface area contributed by atoms with Crippen LogP contribution in [-0.2, 0) is 0 Å². The number of hydrogen-bond acceptors (Lipinski definition) is 2. The van der Waals surface area contributed by atoms with Gasteiger partial charge in [-0.1, -0.05) is 20.8 Å². The van der Waals surface area contributed by atoms with Crippen molar-refractivity contribution in [3.8, 4) is 0 Å². The van der Waals surface area contributed by atoms with Crippen LogP contribution in [-0.4, -0.2) is 29.8 Å². The number of nitrogens with zero attached hydrogens (tertiary/aromatic N) is 1. The molecule has 2 unspecified atom stereocenters. The van der Waals surface area contributed by atoms with Crippen molar-refractivity contribution >= 4 is 12.6 Å². The lowest BCUT2D eigenvalue weighted by Gasteiger charge is -2.34. The van der Waals surface area contributed by atoms with Gasteiger partial charge in [0.25, 0.3) is 0 Å². The molecule has 1 fully saturated rings. The van der Waals surface area contributed by atoms with Crippen LogP contribution in [0.2, 0.25) is 0 Å². The van der Waals surface area contributed by atoms with Gasteiger partial charge in [-0.15, -0.1) is 0 Å². The molecule has 0 aromatic carbocycles. The number of hydrogen-bond donors (Lipinski definition) is 1. The highest BCUT2D eigenvalue weighted by Gasteiger charge is 2.29. The molecule has 0 saturated carbocycles. The van der Waals surface area contributed by atoms with Crippen LogP contribution >= 0.6 is 12.6 Å². The average molecular weight is 215 g/mol. The van der Waals surface area contributed by atoms with Crippen LogP contribution < -0.4 is 0 Å². The topological polar surface area (TPSA) is 3.24 Å². The molecule has 0 N–H and O–H groups in total. The van der Waals surface area contributed by atoms with Crippen molar-refractivity contribution in [2.45, 2.75) is 46.6 Å². The van der Waals surface area contributed by atoms with E-state index in [2.05, 4.69) is 45.2 Å². The zero-order valence-corrected chi connectivity index (χ0v) is 11.0. The van der Waals surface area contributed by atoms with Crippen LogP contribution in [0.5, 0.6) is 0 Å². The normalized spacial score (nSPS) is 26.8. The standard InChI is InChI=1S/C12H25NS/c1-10-6-5-7-13(10)8-11(9-14)12(2,3)4/h10-11,14H,5-9H2,1-4H3. The van der Waals surface area contributed by atoms with E-state index in [4.69, 9.17) is 0 Å². The third kappa shape index (κ3) is 3.16. The van der Waals surface area contributed by atoms with Crippen molar-refractivity contribution < 1.29 is 0 Å². The Bertz CT molecular complexity index is 174. The Balaban J connectivity index is 2.48. The summed E-state index contributed by atoms with van der Waals surface area (Å²) >= 11 is 4.48. The van der Waals surface area contributed by atoms with Crippen molar-refractivity contribution in [1.29, 1.82) is 0 Å². The third-order valence-corrected chi connectivity index (χ3v) is 4.03. The van der Waals surface area contributed by atoms with Crippen molar-refractivity contribution in [2.24, 2.45) is 11.3 Å². The van der Waals surface area contributed by atoms with Crippen LogP contribution in [0.3, 0.4) is 0 Å². The molecular formula is C12H25NS. The quantitative estimate of drug-likeness (QED) is 0.708. The van der Waals surface area contributed by atoms with E-state index in [1.807, 2.05) is 0 Å². The van der Waals surface area contributed by atoms with Crippen LogP contribution in [0.15, 0.2) is 0 Å². The van der Waals surface area contributed by atoms with Crippen LogP contribution in [0.4, 0.5) is 0 Å². The molecule has 84 valence electrons. The molecule has 0 amide bonds. The molecule has 2 heteroatoms. The molecule has 0 spiro atoms. The Kier molecular flexibility index (Phi) is 4.32. The second kappa shape index (κ2) is 4.89. The molecule has 1 aliphatic rings. The number of rotatable bonds is 3. The van der Waals surface area contributed by atoms with Gasteiger partial charge in [-0.25, -0.2) is 0 Å². The maximum Gasteiger partial charge on any atom is 0.00675 e. The number of thiol groups is 1. The van der Waals surface area contributed by atoms with E-state index in [0.717, 1.165) is 11.8 Å². The lowest BCUT2D eigenvalue weighted by Crippen LogP contribution is -2.38. The minimum atomic E-state index is 0.393. The third-order valence-electron chi connectivity index (χ3n) is 3.59. The highest BCUT2D eigenvalue weighted by Crippen LogP contribution is 2.29. The minimum absolute atomic E-state index is 0.393. The molecule has 14 heavy (non-hydrogen) atoms. The molecular weight excluding hydrogens is 190 g/mol. The minimum Gasteiger partial charge on any atom is -0.300 e. The highest BCUT2D eigenvalue weighted by atomic mass is 32.1. The molecule has 1 heterocycles. The summed E-state index contributed by atoms with van der Waals surface area (Å²) in [6, 6.07) is 0.791. The largest absolute Gasteiger partial charge is 0.300 e. The van der Waals surface area contributed by atoms with Gasteiger partial charge in [0.05, 0.1) is 0 Å². The summed E-state index contributed by atoms with van der Waals surface area (Å²) in [6.45, 7) is 11.9. The predicted molar refractivity (Wildman–Crippen MR) is 67.1 cm³/mol. The Hall–Kier alpha value is 0.310. The fourth-order valence-electron chi connectivity index (χ4n) is 2.15. The molecule has 0 aromatic heterocycles. The molecule has 1 nitrogen and oxygen atoms in total. The first-order valence-corrected chi connectivity index (χ1v) is 6.43. The molecule has 1 aliphatic heterocycles. The molecule has 1 rings (SSSR count). The van der Waals surface area contributed by atoms with Crippen molar-refractivity contribution in [2.75, 3.05) is 18.8 Å². The molecule has 0 aromatic rings. The van der Waals surface area contributed by atoms with E-state index in [1.165, 1.54) is 25.9 Å². The first kappa shape index (κ1) is 12.4. The lowest BCUT2D eigenvalue weighted by atomic mass is 9.81. The maximum absolute atomic E-state index is 4.48. The Morgan fingerprint density at radius 3 is 2.43 bits per heavy atom. The molecule has 0 bridgehead atoms. The smallest absolute Gasteiger partial charge is 0.00675 e. The van der Waals surface area contributed by atoms with E-state index in [0.29, 0.717) is 11.3 Å². The lowest BCUT2D eigenvalue weighted by molar-refractivity contribution is 0.161. The summed E-state index contributed by atoms with van der Waals surface area (Å²) < 4.78 is 0. The van der Waals surface area contributed by atoms with Crippen LogP contribution in [0.1, 0.15) is 40.5 Å². The van der Waals surface area contributed by atoms with Gasteiger partial charge in [0.2, 0.25) is 0 Å². The highest BCUT2D eigenvalue weighted by molar-refractivity contribution is 7.80. The average Bonchev–Trinajstić information content (AvgIpc) is 2.45. The van der Waals surface area contributed by atoms with Crippen molar-refractivity contribution in [3.63, 3.8) is 0 Å². The van der Waals surface area contributed by atoms with Crippen LogP contribution in [0.25, 0.3) is 0 Å². The summed E-state index contributed by atoms with van der Waals surface area (Å²) in [7, 11) is 0. The second-order valence-corrected chi connectivity index (χ2v) is 6.10. The van der Waals surface area contributed by atoms with Gasteiger partial charge in [-0.3, -0.25) is 0 Å². The van der Waals surface area contributed by atoms with E-state index >= 15 is 0 Å². The Morgan fingerprint density at radius 2 is 2.07 bits per heavy atom. The van der Waals surface area contributed by atoms with Gasteiger partial charge >= 0.3 is 0 Å². The zero-order chi connectivity index (χ0) is 10.8.